The molecule has 3 nitrogen and oxygen atoms in total. The Hall–Kier alpha value is -0.570. The van der Waals surface area contributed by atoms with E-state index in [-0.39, 0.29) is 5.97 Å². The van der Waals surface area contributed by atoms with E-state index in [1.165, 1.54) is 45.6 Å². The third kappa shape index (κ3) is 4.65. The van der Waals surface area contributed by atoms with Crippen molar-refractivity contribution in [2.24, 2.45) is 0 Å². The second kappa shape index (κ2) is 6.83. The maximum absolute atomic E-state index is 10.8. The molecule has 1 saturated heterocycles. The van der Waals surface area contributed by atoms with Gasteiger partial charge in [-0.25, -0.2) is 0 Å². The van der Waals surface area contributed by atoms with Crippen molar-refractivity contribution in [3.8, 4) is 0 Å². The first kappa shape index (κ1) is 12.5. The van der Waals surface area contributed by atoms with Gasteiger partial charge in [0.15, 0.2) is 0 Å². The number of hydrogen-bond acceptors (Lipinski definition) is 3. The molecular weight excluding hydrogens is 190 g/mol. The number of unbranched alkanes of at least 4 members (excludes halogenated alkanes) is 1. The lowest BCUT2D eigenvalue weighted by molar-refractivity contribution is -0.143. The highest BCUT2D eigenvalue weighted by atomic mass is 16.5. The van der Waals surface area contributed by atoms with Gasteiger partial charge in [-0.1, -0.05) is 19.8 Å². The van der Waals surface area contributed by atoms with Crippen molar-refractivity contribution >= 4 is 5.97 Å². The summed E-state index contributed by atoms with van der Waals surface area (Å²) < 4.78 is 5.11. The quantitative estimate of drug-likeness (QED) is 0.656. The van der Waals surface area contributed by atoms with Gasteiger partial charge in [0.1, 0.15) is 6.61 Å². The number of hydrogen-bond donors (Lipinski definition) is 0. The Morgan fingerprint density at radius 2 is 2.27 bits per heavy atom. The van der Waals surface area contributed by atoms with E-state index in [4.69, 9.17) is 4.74 Å². The Balaban J connectivity index is 2.32. The summed E-state index contributed by atoms with van der Waals surface area (Å²) in [5, 5.41) is 0. The highest BCUT2D eigenvalue weighted by molar-refractivity contribution is 5.65. The van der Waals surface area contributed by atoms with Gasteiger partial charge < -0.3 is 4.74 Å². The van der Waals surface area contributed by atoms with E-state index in [0.29, 0.717) is 12.6 Å². The lowest BCUT2D eigenvalue weighted by Crippen LogP contribution is -2.43. The van der Waals surface area contributed by atoms with Crippen LogP contribution >= 0.6 is 0 Å². The maximum atomic E-state index is 10.8. The summed E-state index contributed by atoms with van der Waals surface area (Å²) in [5.41, 5.74) is 0. The Morgan fingerprint density at radius 3 is 2.93 bits per heavy atom. The van der Waals surface area contributed by atoms with E-state index in [1.54, 1.807) is 0 Å². The second-order valence-corrected chi connectivity index (χ2v) is 4.34. The lowest BCUT2D eigenvalue weighted by Gasteiger charge is -2.35. The van der Waals surface area contributed by atoms with E-state index in [9.17, 15) is 4.79 Å². The van der Waals surface area contributed by atoms with Crippen LogP contribution in [-0.4, -0.2) is 36.6 Å². The van der Waals surface area contributed by atoms with Crippen molar-refractivity contribution in [1.82, 2.24) is 4.90 Å². The van der Waals surface area contributed by atoms with Crippen LogP contribution < -0.4 is 0 Å². The summed E-state index contributed by atoms with van der Waals surface area (Å²) in [5.74, 6) is -0.156. The van der Waals surface area contributed by atoms with E-state index in [0.717, 1.165) is 6.54 Å². The molecule has 0 aromatic heterocycles. The average Bonchev–Trinajstić information content (AvgIpc) is 2.24. The fraction of sp³-hybridized carbons (Fsp3) is 0.917. The predicted molar refractivity (Wildman–Crippen MR) is 60.8 cm³/mol. The zero-order valence-corrected chi connectivity index (χ0v) is 10.00. The number of nitrogens with zero attached hydrogens (tertiary/aromatic N) is 1. The first-order valence-electron chi connectivity index (χ1n) is 6.11. The minimum Gasteiger partial charge on any atom is -0.464 e. The maximum Gasteiger partial charge on any atom is 0.302 e. The van der Waals surface area contributed by atoms with Crippen LogP contribution in [0.4, 0.5) is 0 Å². The average molecular weight is 213 g/mol. The minimum absolute atomic E-state index is 0.156. The minimum atomic E-state index is -0.156. The van der Waals surface area contributed by atoms with Crippen molar-refractivity contribution in [1.29, 1.82) is 0 Å². The first-order chi connectivity index (χ1) is 7.24. The van der Waals surface area contributed by atoms with Crippen molar-refractivity contribution in [3.05, 3.63) is 0 Å². The van der Waals surface area contributed by atoms with Crippen LogP contribution in [0.5, 0.6) is 0 Å². The Bertz CT molecular complexity index is 194. The molecule has 0 unspecified atom stereocenters. The van der Waals surface area contributed by atoms with Crippen LogP contribution in [0.1, 0.15) is 46.0 Å². The molecule has 0 bridgehead atoms. The van der Waals surface area contributed by atoms with E-state index in [1.807, 2.05) is 0 Å². The van der Waals surface area contributed by atoms with Gasteiger partial charge in [0, 0.05) is 13.0 Å². The molecule has 0 N–H and O–H groups in total. The summed E-state index contributed by atoms with van der Waals surface area (Å²) in [6.45, 7) is 6.61. The lowest BCUT2D eigenvalue weighted by atomic mass is 10.0. The molecule has 0 aromatic carbocycles. The molecule has 1 aliphatic rings. The molecular formula is C12H23NO2. The number of rotatable bonds is 5. The number of piperidine rings is 1. The van der Waals surface area contributed by atoms with E-state index >= 15 is 0 Å². The fourth-order valence-electron chi connectivity index (χ4n) is 2.12. The van der Waals surface area contributed by atoms with Crippen LogP contribution in [0.2, 0.25) is 0 Å². The summed E-state index contributed by atoms with van der Waals surface area (Å²) in [7, 11) is 0. The van der Waals surface area contributed by atoms with Crippen molar-refractivity contribution in [3.63, 3.8) is 0 Å². The Morgan fingerprint density at radius 1 is 1.47 bits per heavy atom. The molecule has 0 amide bonds. The molecule has 0 radical (unpaired) electrons. The molecule has 1 rings (SSSR count). The Kier molecular flexibility index (Phi) is 5.69. The molecule has 15 heavy (non-hydrogen) atoms. The van der Waals surface area contributed by atoms with Crippen LogP contribution in [-0.2, 0) is 9.53 Å². The van der Waals surface area contributed by atoms with Crippen molar-refractivity contribution in [2.45, 2.75) is 52.0 Å². The standard InChI is InChI=1S/C12H23NO2/c1-3-4-8-13-9-6-5-7-12(13)10-15-11(2)14/h12H,3-10H2,1-2H3/t12-/m0/s1. The monoisotopic (exact) mass is 213 g/mol. The zero-order chi connectivity index (χ0) is 11.1. The van der Waals surface area contributed by atoms with Gasteiger partial charge >= 0.3 is 5.97 Å². The van der Waals surface area contributed by atoms with Crippen LogP contribution in [0, 0.1) is 0 Å². The molecule has 1 aliphatic heterocycles. The molecule has 0 saturated carbocycles. The van der Waals surface area contributed by atoms with Gasteiger partial charge in [0.25, 0.3) is 0 Å². The van der Waals surface area contributed by atoms with Gasteiger partial charge in [0.05, 0.1) is 0 Å². The van der Waals surface area contributed by atoms with Crippen LogP contribution in [0.25, 0.3) is 0 Å². The third-order valence-corrected chi connectivity index (χ3v) is 3.03. The largest absolute Gasteiger partial charge is 0.464 e. The smallest absolute Gasteiger partial charge is 0.302 e. The number of likely N-dealkylation sites (tertiary alicyclic amines) is 1. The zero-order valence-electron chi connectivity index (χ0n) is 10.00. The van der Waals surface area contributed by atoms with Gasteiger partial charge in [0.2, 0.25) is 0 Å². The van der Waals surface area contributed by atoms with Crippen molar-refractivity contribution in [2.75, 3.05) is 19.7 Å². The molecule has 0 aromatic rings. The number of carbonyl (C=O) groups is 1. The number of ether oxygens (including phenoxy) is 1. The molecule has 0 aliphatic carbocycles. The van der Waals surface area contributed by atoms with E-state index in [2.05, 4.69) is 11.8 Å². The molecule has 1 heterocycles. The van der Waals surface area contributed by atoms with Crippen molar-refractivity contribution < 1.29 is 9.53 Å². The summed E-state index contributed by atoms with van der Waals surface area (Å²) in [4.78, 5) is 13.2. The number of carbonyl (C=O) groups excluding carboxylic acids is 1. The van der Waals surface area contributed by atoms with Crippen LogP contribution in [0.3, 0.4) is 0 Å². The SMILES string of the molecule is CCCCN1CCCC[C@H]1COC(C)=O. The van der Waals surface area contributed by atoms with Crippen LogP contribution in [0.15, 0.2) is 0 Å². The molecule has 1 fully saturated rings. The second-order valence-electron chi connectivity index (χ2n) is 4.34. The van der Waals surface area contributed by atoms with E-state index < -0.39 is 0 Å². The highest BCUT2D eigenvalue weighted by Crippen LogP contribution is 2.17. The number of esters is 1. The highest BCUT2D eigenvalue weighted by Gasteiger charge is 2.22. The van der Waals surface area contributed by atoms with Gasteiger partial charge in [-0.2, -0.15) is 0 Å². The molecule has 0 spiro atoms. The normalized spacial score (nSPS) is 22.7. The Labute approximate surface area is 92.8 Å². The molecule has 88 valence electrons. The molecule has 1 atom stereocenters. The molecule has 3 heteroatoms. The van der Waals surface area contributed by atoms with Gasteiger partial charge in [-0.15, -0.1) is 0 Å². The van der Waals surface area contributed by atoms with Gasteiger partial charge in [-0.05, 0) is 32.4 Å². The predicted octanol–water partition coefficient (Wildman–Crippen LogP) is 2.20. The summed E-state index contributed by atoms with van der Waals surface area (Å²) >= 11 is 0. The third-order valence-electron chi connectivity index (χ3n) is 3.03. The fourth-order valence-corrected chi connectivity index (χ4v) is 2.12. The topological polar surface area (TPSA) is 29.5 Å². The first-order valence-corrected chi connectivity index (χ1v) is 6.11. The van der Waals surface area contributed by atoms with Gasteiger partial charge in [-0.3, -0.25) is 9.69 Å². The summed E-state index contributed by atoms with van der Waals surface area (Å²) in [6.07, 6.45) is 6.22. The summed E-state index contributed by atoms with van der Waals surface area (Å²) in [6, 6.07) is 0.467.